The summed E-state index contributed by atoms with van der Waals surface area (Å²) in [5.41, 5.74) is -3.36. The first-order valence-corrected chi connectivity index (χ1v) is 6.53. The van der Waals surface area contributed by atoms with Gasteiger partial charge in [0.1, 0.15) is 0 Å². The molecule has 6 nitrogen and oxygen atoms in total. The fourth-order valence-electron chi connectivity index (χ4n) is 2.14. The molecule has 0 amide bonds. The molecule has 0 N–H and O–H groups in total. The van der Waals surface area contributed by atoms with Crippen molar-refractivity contribution in [3.05, 3.63) is 23.7 Å². The number of hydrogen-bond donors (Lipinski definition) is 0. The summed E-state index contributed by atoms with van der Waals surface area (Å²) in [4.78, 5) is 23.2. The van der Waals surface area contributed by atoms with Crippen molar-refractivity contribution in [2.45, 2.75) is 24.9 Å². The summed E-state index contributed by atoms with van der Waals surface area (Å²) in [5, 5.41) is 0. The van der Waals surface area contributed by atoms with Crippen molar-refractivity contribution in [1.82, 2.24) is 9.97 Å². The zero-order valence-electron chi connectivity index (χ0n) is 11.7. The molecule has 9 heteroatoms. The lowest BCUT2D eigenvalue weighted by atomic mass is 9.89. The van der Waals surface area contributed by atoms with Gasteiger partial charge in [-0.3, -0.25) is 0 Å². The maximum absolute atomic E-state index is 14.4. The standard InChI is InChI=1S/C13H13F3N4O2/c1-3-22-10(21)12(14)5-7-20(8-13(12,15)16)11-18-6-4-9(17-2)19-11/h4,6H,3,5,7-8H2,1H3. The number of nitrogens with zero attached hydrogens (tertiary/aromatic N) is 4. The Kier molecular flexibility index (Phi) is 4.21. The van der Waals surface area contributed by atoms with Crippen molar-refractivity contribution in [3.8, 4) is 0 Å². The first kappa shape index (κ1) is 16.0. The van der Waals surface area contributed by atoms with Crippen LogP contribution < -0.4 is 4.90 Å². The molecule has 0 spiro atoms. The molecule has 1 aromatic heterocycles. The fraction of sp³-hybridized carbons (Fsp3) is 0.538. The van der Waals surface area contributed by atoms with E-state index < -0.39 is 30.5 Å². The van der Waals surface area contributed by atoms with E-state index in [1.54, 1.807) is 0 Å². The Bertz CT molecular complexity index is 620. The van der Waals surface area contributed by atoms with Gasteiger partial charge in [0, 0.05) is 19.2 Å². The Morgan fingerprint density at radius 3 is 2.86 bits per heavy atom. The maximum atomic E-state index is 14.4. The summed E-state index contributed by atoms with van der Waals surface area (Å²) >= 11 is 0. The van der Waals surface area contributed by atoms with E-state index in [-0.39, 0.29) is 24.9 Å². The minimum atomic E-state index is -3.95. The second-order valence-electron chi connectivity index (χ2n) is 4.72. The van der Waals surface area contributed by atoms with E-state index in [2.05, 4.69) is 19.5 Å². The van der Waals surface area contributed by atoms with E-state index in [0.29, 0.717) is 0 Å². The number of alkyl halides is 3. The number of hydrogen-bond acceptors (Lipinski definition) is 5. The number of ether oxygens (including phenoxy) is 1. The highest BCUT2D eigenvalue weighted by Gasteiger charge is 2.64. The molecule has 0 aromatic carbocycles. The van der Waals surface area contributed by atoms with Crippen LogP contribution >= 0.6 is 0 Å². The third-order valence-electron chi connectivity index (χ3n) is 3.32. The van der Waals surface area contributed by atoms with E-state index in [0.717, 1.165) is 4.90 Å². The first-order chi connectivity index (χ1) is 10.3. The summed E-state index contributed by atoms with van der Waals surface area (Å²) in [6.45, 7) is 6.83. The Balaban J connectivity index is 2.23. The number of rotatable bonds is 3. The quantitative estimate of drug-likeness (QED) is 0.632. The highest BCUT2D eigenvalue weighted by molar-refractivity contribution is 5.81. The number of piperidine rings is 1. The number of carbonyl (C=O) groups is 1. The lowest BCUT2D eigenvalue weighted by molar-refractivity contribution is -0.193. The molecular formula is C13H13F3N4O2. The summed E-state index contributed by atoms with van der Waals surface area (Å²) < 4.78 is 47.1. The van der Waals surface area contributed by atoms with Gasteiger partial charge in [-0.15, -0.1) is 0 Å². The van der Waals surface area contributed by atoms with Crippen LogP contribution in [0.3, 0.4) is 0 Å². The molecule has 1 aliphatic heterocycles. The zero-order valence-corrected chi connectivity index (χ0v) is 11.7. The summed E-state index contributed by atoms with van der Waals surface area (Å²) in [7, 11) is 0. The number of esters is 1. The Morgan fingerprint density at radius 1 is 1.55 bits per heavy atom. The van der Waals surface area contributed by atoms with Gasteiger partial charge in [-0.1, -0.05) is 11.6 Å². The van der Waals surface area contributed by atoms with Gasteiger partial charge in [0.15, 0.2) is 0 Å². The Hall–Kier alpha value is -2.37. The molecule has 1 atom stereocenters. The van der Waals surface area contributed by atoms with E-state index >= 15 is 0 Å². The molecule has 22 heavy (non-hydrogen) atoms. The van der Waals surface area contributed by atoms with Crippen molar-refractivity contribution in [2.75, 3.05) is 24.6 Å². The van der Waals surface area contributed by atoms with Crippen molar-refractivity contribution in [1.29, 1.82) is 0 Å². The van der Waals surface area contributed by atoms with Gasteiger partial charge in [0.2, 0.25) is 0 Å². The van der Waals surface area contributed by atoms with Crippen LogP contribution in [0.4, 0.5) is 24.9 Å². The van der Waals surface area contributed by atoms with Gasteiger partial charge in [0.05, 0.1) is 13.2 Å². The maximum Gasteiger partial charge on any atom is 0.350 e. The van der Waals surface area contributed by atoms with Crippen LogP contribution in [-0.2, 0) is 9.53 Å². The van der Waals surface area contributed by atoms with Crippen LogP contribution in [0.25, 0.3) is 4.85 Å². The molecule has 1 fully saturated rings. The molecule has 0 saturated carbocycles. The third kappa shape index (κ3) is 2.68. The fourth-order valence-corrected chi connectivity index (χ4v) is 2.14. The molecule has 118 valence electrons. The van der Waals surface area contributed by atoms with Crippen molar-refractivity contribution in [3.63, 3.8) is 0 Å². The Labute approximate surface area is 124 Å². The summed E-state index contributed by atoms with van der Waals surface area (Å²) in [6, 6.07) is 1.33. The van der Waals surface area contributed by atoms with Gasteiger partial charge in [-0.2, -0.15) is 0 Å². The molecule has 1 saturated heterocycles. The molecule has 0 bridgehead atoms. The smallest absolute Gasteiger partial charge is 0.350 e. The van der Waals surface area contributed by atoms with Gasteiger partial charge >= 0.3 is 17.8 Å². The molecule has 1 unspecified atom stereocenters. The largest absolute Gasteiger partial charge is 0.463 e. The highest BCUT2D eigenvalue weighted by atomic mass is 19.3. The van der Waals surface area contributed by atoms with Crippen LogP contribution in [0.1, 0.15) is 13.3 Å². The van der Waals surface area contributed by atoms with Crippen LogP contribution in [0.2, 0.25) is 0 Å². The lowest BCUT2D eigenvalue weighted by Crippen LogP contribution is -2.62. The number of halogens is 3. The van der Waals surface area contributed by atoms with Crippen LogP contribution in [0, 0.1) is 6.57 Å². The molecular weight excluding hydrogens is 301 g/mol. The average molecular weight is 314 g/mol. The predicted molar refractivity (Wildman–Crippen MR) is 70.5 cm³/mol. The van der Waals surface area contributed by atoms with E-state index in [1.807, 2.05) is 0 Å². The van der Waals surface area contributed by atoms with Crippen LogP contribution in [0.5, 0.6) is 0 Å². The van der Waals surface area contributed by atoms with Gasteiger partial charge < -0.3 is 14.5 Å². The third-order valence-corrected chi connectivity index (χ3v) is 3.32. The van der Waals surface area contributed by atoms with Crippen LogP contribution in [0.15, 0.2) is 12.3 Å². The lowest BCUT2D eigenvalue weighted by Gasteiger charge is -2.39. The first-order valence-electron chi connectivity index (χ1n) is 6.53. The van der Waals surface area contributed by atoms with Gasteiger partial charge in [0.25, 0.3) is 11.5 Å². The monoisotopic (exact) mass is 314 g/mol. The average Bonchev–Trinajstić information content (AvgIpc) is 2.50. The van der Waals surface area contributed by atoms with Crippen molar-refractivity contribution >= 4 is 17.7 Å². The van der Waals surface area contributed by atoms with Gasteiger partial charge in [-0.25, -0.2) is 22.9 Å². The van der Waals surface area contributed by atoms with E-state index in [4.69, 9.17) is 6.57 Å². The Morgan fingerprint density at radius 2 is 2.27 bits per heavy atom. The second-order valence-corrected chi connectivity index (χ2v) is 4.72. The minimum absolute atomic E-state index is 0.00389. The van der Waals surface area contributed by atoms with Crippen LogP contribution in [-0.4, -0.2) is 47.2 Å². The number of aromatic nitrogens is 2. The molecule has 2 heterocycles. The second kappa shape index (κ2) is 5.79. The summed E-state index contributed by atoms with van der Waals surface area (Å²) in [5.74, 6) is -5.61. The number of carbonyl (C=O) groups excluding carboxylic acids is 1. The molecule has 0 radical (unpaired) electrons. The SMILES string of the molecule is [C-]#[N+]c1ccnc(N2CCC(F)(C(=O)OCC)C(F)(F)C2)n1. The zero-order chi connectivity index (χ0) is 16.4. The molecule has 1 aliphatic rings. The molecule has 0 aliphatic carbocycles. The molecule has 1 aromatic rings. The predicted octanol–water partition coefficient (Wildman–Crippen LogP) is 2.14. The van der Waals surface area contributed by atoms with Gasteiger partial charge in [-0.05, 0) is 13.0 Å². The van der Waals surface area contributed by atoms with E-state index in [1.165, 1.54) is 19.2 Å². The molecule has 2 rings (SSSR count). The van der Waals surface area contributed by atoms with Crippen molar-refractivity contribution in [2.24, 2.45) is 0 Å². The minimum Gasteiger partial charge on any atom is -0.463 e. The van der Waals surface area contributed by atoms with Crippen molar-refractivity contribution < 1.29 is 22.7 Å². The van der Waals surface area contributed by atoms with E-state index in [9.17, 15) is 18.0 Å². The number of anilines is 1. The summed E-state index contributed by atoms with van der Waals surface area (Å²) in [6.07, 6.45) is 0.515. The normalized spacial score (nSPS) is 23.7. The topological polar surface area (TPSA) is 59.7 Å². The highest BCUT2D eigenvalue weighted by Crippen LogP contribution is 2.41.